The van der Waals surface area contributed by atoms with E-state index in [1.54, 1.807) is 0 Å². The maximum atomic E-state index is 9.28. The van der Waals surface area contributed by atoms with Gasteiger partial charge in [-0.15, -0.1) is 0 Å². The third-order valence-electron chi connectivity index (χ3n) is 1.74. The van der Waals surface area contributed by atoms with Crippen molar-refractivity contribution >= 4 is 5.95 Å². The van der Waals surface area contributed by atoms with Crippen molar-refractivity contribution < 1.29 is 9.84 Å². The molecule has 1 aromatic heterocycles. The first-order valence-electron chi connectivity index (χ1n) is 3.75. The molecule has 5 nitrogen and oxygen atoms in total. The molecule has 2 rings (SSSR count). The topological polar surface area (TPSA) is 81.3 Å². The van der Waals surface area contributed by atoms with E-state index >= 15 is 0 Å². The van der Waals surface area contributed by atoms with Crippen LogP contribution in [-0.4, -0.2) is 21.7 Å². The lowest BCUT2D eigenvalue weighted by Gasteiger charge is -2.16. The molecule has 1 aliphatic rings. The number of nitrogen functional groups attached to an aromatic ring is 1. The van der Waals surface area contributed by atoms with Crippen LogP contribution in [0.25, 0.3) is 0 Å². The Bertz CT molecular complexity index is 314. The van der Waals surface area contributed by atoms with Crippen LogP contribution in [0.5, 0.6) is 11.6 Å². The molecule has 0 saturated carbocycles. The number of aromatic nitrogens is 2. The highest BCUT2D eigenvalue weighted by Gasteiger charge is 2.17. The molecule has 0 atom stereocenters. The predicted molar refractivity (Wildman–Crippen MR) is 41.9 cm³/mol. The van der Waals surface area contributed by atoms with Crippen LogP contribution in [0.2, 0.25) is 0 Å². The number of anilines is 1. The Hall–Kier alpha value is -1.52. The van der Waals surface area contributed by atoms with Gasteiger partial charge in [-0.25, -0.2) is 4.98 Å². The molecule has 2 heterocycles. The Labute approximate surface area is 69.2 Å². The van der Waals surface area contributed by atoms with Crippen LogP contribution in [0.3, 0.4) is 0 Å². The second-order valence-electron chi connectivity index (χ2n) is 2.63. The minimum Gasteiger partial charge on any atom is -0.491 e. The molecule has 64 valence electrons. The molecule has 0 bridgehead atoms. The van der Waals surface area contributed by atoms with E-state index in [9.17, 15) is 5.11 Å². The number of hydrogen-bond donors (Lipinski definition) is 2. The SMILES string of the molecule is Nc1nc(O)c2c(n1)CCCO2. The van der Waals surface area contributed by atoms with Gasteiger partial charge < -0.3 is 15.6 Å². The molecule has 0 saturated heterocycles. The molecule has 3 N–H and O–H groups in total. The number of aryl methyl sites for hydroxylation is 1. The first-order valence-corrected chi connectivity index (χ1v) is 3.75. The van der Waals surface area contributed by atoms with E-state index in [0.29, 0.717) is 18.1 Å². The molecule has 5 heteroatoms. The Kier molecular flexibility index (Phi) is 1.49. The molecule has 0 radical (unpaired) electrons. The molecular weight excluding hydrogens is 158 g/mol. The molecule has 0 amide bonds. The molecule has 1 aliphatic heterocycles. The smallest absolute Gasteiger partial charge is 0.259 e. The maximum absolute atomic E-state index is 9.28. The lowest BCUT2D eigenvalue weighted by molar-refractivity contribution is 0.265. The van der Waals surface area contributed by atoms with E-state index in [1.165, 1.54) is 0 Å². The monoisotopic (exact) mass is 167 g/mol. The van der Waals surface area contributed by atoms with Gasteiger partial charge in [-0.3, -0.25) is 0 Å². The van der Waals surface area contributed by atoms with Gasteiger partial charge in [0.1, 0.15) is 0 Å². The summed E-state index contributed by atoms with van der Waals surface area (Å²) in [6, 6.07) is 0. The number of nitrogens with two attached hydrogens (primary N) is 1. The Morgan fingerprint density at radius 1 is 1.42 bits per heavy atom. The molecule has 0 fully saturated rings. The van der Waals surface area contributed by atoms with Crippen LogP contribution in [0.4, 0.5) is 5.95 Å². The summed E-state index contributed by atoms with van der Waals surface area (Å²) in [5.74, 6) is 0.324. The molecule has 12 heavy (non-hydrogen) atoms. The average Bonchev–Trinajstić information content (AvgIpc) is 2.04. The number of nitrogens with zero attached hydrogens (tertiary/aromatic N) is 2. The van der Waals surface area contributed by atoms with Gasteiger partial charge in [0.25, 0.3) is 5.88 Å². The first-order chi connectivity index (χ1) is 5.77. The highest BCUT2D eigenvalue weighted by atomic mass is 16.5. The summed E-state index contributed by atoms with van der Waals surface area (Å²) in [6.07, 6.45) is 1.69. The fourth-order valence-corrected chi connectivity index (χ4v) is 1.23. The van der Waals surface area contributed by atoms with E-state index in [4.69, 9.17) is 10.5 Å². The fourth-order valence-electron chi connectivity index (χ4n) is 1.23. The van der Waals surface area contributed by atoms with E-state index < -0.39 is 0 Å². The van der Waals surface area contributed by atoms with Gasteiger partial charge in [0, 0.05) is 0 Å². The summed E-state index contributed by atoms with van der Waals surface area (Å²) in [5.41, 5.74) is 6.05. The van der Waals surface area contributed by atoms with E-state index in [0.717, 1.165) is 12.8 Å². The molecular formula is C7H9N3O2. The van der Waals surface area contributed by atoms with Gasteiger partial charge in [-0.05, 0) is 12.8 Å². The highest BCUT2D eigenvalue weighted by molar-refractivity contribution is 5.42. The second kappa shape index (κ2) is 2.51. The van der Waals surface area contributed by atoms with Crippen LogP contribution in [0, 0.1) is 0 Å². The van der Waals surface area contributed by atoms with Gasteiger partial charge in [0.15, 0.2) is 0 Å². The quantitative estimate of drug-likeness (QED) is 0.572. The summed E-state index contributed by atoms with van der Waals surface area (Å²) in [7, 11) is 0. The zero-order chi connectivity index (χ0) is 8.55. The van der Waals surface area contributed by atoms with Crippen molar-refractivity contribution in [1.29, 1.82) is 0 Å². The normalized spacial score (nSPS) is 15.0. The zero-order valence-corrected chi connectivity index (χ0v) is 6.45. The predicted octanol–water partition coefficient (Wildman–Crippen LogP) is 0.0894. The Morgan fingerprint density at radius 2 is 2.25 bits per heavy atom. The number of fused-ring (bicyclic) bond motifs is 1. The van der Waals surface area contributed by atoms with Crippen molar-refractivity contribution in [2.45, 2.75) is 12.8 Å². The van der Waals surface area contributed by atoms with E-state index in [1.807, 2.05) is 0 Å². The maximum Gasteiger partial charge on any atom is 0.259 e. The second-order valence-corrected chi connectivity index (χ2v) is 2.63. The van der Waals surface area contributed by atoms with Crippen LogP contribution < -0.4 is 10.5 Å². The number of ether oxygens (including phenoxy) is 1. The van der Waals surface area contributed by atoms with Crippen molar-refractivity contribution in [3.05, 3.63) is 5.69 Å². The van der Waals surface area contributed by atoms with Gasteiger partial charge in [0.05, 0.1) is 12.3 Å². The summed E-state index contributed by atoms with van der Waals surface area (Å²) in [4.78, 5) is 7.54. The Morgan fingerprint density at radius 3 is 3.08 bits per heavy atom. The van der Waals surface area contributed by atoms with Crippen molar-refractivity contribution in [3.8, 4) is 11.6 Å². The Balaban J connectivity index is 2.53. The van der Waals surface area contributed by atoms with Crippen molar-refractivity contribution in [2.24, 2.45) is 0 Å². The molecule has 0 aromatic carbocycles. The van der Waals surface area contributed by atoms with Crippen LogP contribution in [-0.2, 0) is 6.42 Å². The van der Waals surface area contributed by atoms with Crippen molar-refractivity contribution in [3.63, 3.8) is 0 Å². The molecule has 1 aromatic rings. The minimum atomic E-state index is -0.155. The third-order valence-corrected chi connectivity index (χ3v) is 1.74. The number of aromatic hydroxyl groups is 1. The van der Waals surface area contributed by atoms with Crippen LogP contribution in [0.15, 0.2) is 0 Å². The average molecular weight is 167 g/mol. The summed E-state index contributed by atoms with van der Waals surface area (Å²) >= 11 is 0. The van der Waals surface area contributed by atoms with Crippen molar-refractivity contribution in [1.82, 2.24) is 9.97 Å². The van der Waals surface area contributed by atoms with E-state index in [2.05, 4.69) is 9.97 Å². The lowest BCUT2D eigenvalue weighted by Crippen LogP contribution is -2.12. The number of hydrogen-bond acceptors (Lipinski definition) is 5. The first kappa shape index (κ1) is 7.15. The third kappa shape index (κ3) is 1.03. The van der Waals surface area contributed by atoms with Gasteiger partial charge in [0.2, 0.25) is 11.7 Å². The van der Waals surface area contributed by atoms with Crippen LogP contribution in [0.1, 0.15) is 12.1 Å². The van der Waals surface area contributed by atoms with Gasteiger partial charge in [-0.1, -0.05) is 0 Å². The fraction of sp³-hybridized carbons (Fsp3) is 0.429. The molecule has 0 spiro atoms. The minimum absolute atomic E-state index is 0.0942. The lowest BCUT2D eigenvalue weighted by atomic mass is 10.2. The van der Waals surface area contributed by atoms with E-state index in [-0.39, 0.29) is 11.8 Å². The molecule has 0 aliphatic carbocycles. The van der Waals surface area contributed by atoms with Crippen LogP contribution >= 0.6 is 0 Å². The summed E-state index contributed by atoms with van der Waals surface area (Å²) in [6.45, 7) is 0.605. The molecule has 0 unspecified atom stereocenters. The highest BCUT2D eigenvalue weighted by Crippen LogP contribution is 2.31. The standard InChI is InChI=1S/C7H9N3O2/c8-7-9-4-2-1-3-12-5(4)6(11)10-7/h1-3H2,(H3,8,9,10,11). The van der Waals surface area contributed by atoms with Gasteiger partial charge >= 0.3 is 0 Å². The summed E-state index contributed by atoms with van der Waals surface area (Å²) < 4.78 is 5.18. The van der Waals surface area contributed by atoms with Gasteiger partial charge in [-0.2, -0.15) is 4.98 Å². The van der Waals surface area contributed by atoms with Crippen molar-refractivity contribution in [2.75, 3.05) is 12.3 Å². The zero-order valence-electron chi connectivity index (χ0n) is 6.45. The summed E-state index contributed by atoms with van der Waals surface area (Å²) in [5, 5.41) is 9.28. The largest absolute Gasteiger partial charge is 0.491 e. The number of rotatable bonds is 0.